The second-order valence-electron chi connectivity index (χ2n) is 7.71. The van der Waals surface area contributed by atoms with Gasteiger partial charge in [0.25, 0.3) is 5.91 Å². The summed E-state index contributed by atoms with van der Waals surface area (Å²) in [5.74, 6) is 1.30. The minimum absolute atomic E-state index is 0.0223. The fourth-order valence-corrected chi connectivity index (χ4v) is 3.96. The van der Waals surface area contributed by atoms with Gasteiger partial charge in [0.15, 0.2) is 11.5 Å². The first kappa shape index (κ1) is 26.3. The molecule has 10 nitrogen and oxygen atoms in total. The second-order valence-corrected chi connectivity index (χ2v) is 8.77. The summed E-state index contributed by atoms with van der Waals surface area (Å²) in [6.07, 6.45) is 1.49. The van der Waals surface area contributed by atoms with Crippen LogP contribution < -0.4 is 25.0 Å². The smallest absolute Gasteiger partial charge is 0.257 e. The Balaban J connectivity index is 1.20. The summed E-state index contributed by atoms with van der Waals surface area (Å²) in [6, 6.07) is 23.5. The standard InChI is InChI=1S/C27H25N5O5S/c1-35-22-12-5-6-13-23(22)37-15-14-36-21-11-7-8-19(16-21)18-28-30-24(33)17-25-31-32-27(38-25)29-26(34)20-9-3-2-4-10-20/h2-13,16,18H,14-15,17H2,1H3,(H,30,33)(H,29,32,34)/b28-18-. The average Bonchev–Trinajstić information content (AvgIpc) is 3.38. The van der Waals surface area contributed by atoms with Gasteiger partial charge >= 0.3 is 0 Å². The molecule has 2 amide bonds. The lowest BCUT2D eigenvalue weighted by Gasteiger charge is -2.11. The third-order valence-electron chi connectivity index (χ3n) is 4.97. The number of aromatic nitrogens is 2. The molecule has 0 saturated carbocycles. The third kappa shape index (κ3) is 7.87. The molecular formula is C27H25N5O5S. The second kappa shape index (κ2) is 13.5. The Hall–Kier alpha value is -4.77. The van der Waals surface area contributed by atoms with Gasteiger partial charge in [0.1, 0.15) is 24.0 Å². The van der Waals surface area contributed by atoms with E-state index < -0.39 is 0 Å². The van der Waals surface area contributed by atoms with Gasteiger partial charge < -0.3 is 14.2 Å². The van der Waals surface area contributed by atoms with Crippen LogP contribution in [0, 0.1) is 0 Å². The van der Waals surface area contributed by atoms with E-state index in [4.69, 9.17) is 14.2 Å². The fourth-order valence-electron chi connectivity index (χ4n) is 3.22. The van der Waals surface area contributed by atoms with E-state index in [0.717, 1.165) is 16.9 Å². The van der Waals surface area contributed by atoms with Crippen LogP contribution in [-0.4, -0.2) is 48.5 Å². The SMILES string of the molecule is COc1ccccc1OCCOc1cccc(/C=N\NC(=O)Cc2nnc(NC(=O)c3ccccc3)s2)c1. The van der Waals surface area contributed by atoms with Crippen molar-refractivity contribution in [2.24, 2.45) is 5.10 Å². The van der Waals surface area contributed by atoms with Gasteiger partial charge in [0.05, 0.1) is 19.7 Å². The van der Waals surface area contributed by atoms with Crippen LogP contribution in [0.1, 0.15) is 20.9 Å². The van der Waals surface area contributed by atoms with Crippen LogP contribution in [0.25, 0.3) is 0 Å². The summed E-state index contributed by atoms with van der Waals surface area (Å²) in [5, 5.41) is 15.3. The highest BCUT2D eigenvalue weighted by Crippen LogP contribution is 2.25. The first-order chi connectivity index (χ1) is 18.6. The zero-order valence-electron chi connectivity index (χ0n) is 20.5. The Kier molecular flexibility index (Phi) is 9.35. The quantitative estimate of drug-likeness (QED) is 0.161. The van der Waals surface area contributed by atoms with Gasteiger partial charge in [-0.1, -0.05) is 53.8 Å². The summed E-state index contributed by atoms with van der Waals surface area (Å²) < 4.78 is 16.7. The predicted molar refractivity (Wildman–Crippen MR) is 144 cm³/mol. The van der Waals surface area contributed by atoms with Gasteiger partial charge in [-0.3, -0.25) is 14.9 Å². The van der Waals surface area contributed by atoms with E-state index >= 15 is 0 Å². The number of carbonyl (C=O) groups is 2. The number of benzene rings is 3. The molecule has 38 heavy (non-hydrogen) atoms. The molecule has 0 fully saturated rings. The van der Waals surface area contributed by atoms with Crippen molar-refractivity contribution in [3.05, 3.63) is 95.0 Å². The number of methoxy groups -OCH3 is 1. The number of nitrogens with one attached hydrogen (secondary N) is 2. The molecule has 0 saturated heterocycles. The van der Waals surface area contributed by atoms with Crippen molar-refractivity contribution in [2.75, 3.05) is 25.6 Å². The van der Waals surface area contributed by atoms with Crippen LogP contribution in [0.4, 0.5) is 5.13 Å². The Morgan fingerprint density at radius 3 is 2.50 bits per heavy atom. The van der Waals surface area contributed by atoms with E-state index in [1.807, 2.05) is 48.5 Å². The maximum absolute atomic E-state index is 12.2. The van der Waals surface area contributed by atoms with E-state index in [1.165, 1.54) is 6.21 Å². The van der Waals surface area contributed by atoms with Crippen LogP contribution in [0.5, 0.6) is 17.2 Å². The molecule has 0 unspecified atom stereocenters. The maximum Gasteiger partial charge on any atom is 0.257 e. The van der Waals surface area contributed by atoms with Gasteiger partial charge in [-0.2, -0.15) is 5.10 Å². The van der Waals surface area contributed by atoms with Crippen LogP contribution in [-0.2, 0) is 11.2 Å². The molecule has 11 heteroatoms. The normalized spacial score (nSPS) is 10.7. The van der Waals surface area contributed by atoms with Gasteiger partial charge in [-0.05, 0) is 42.0 Å². The highest BCUT2D eigenvalue weighted by molar-refractivity contribution is 7.15. The van der Waals surface area contributed by atoms with E-state index in [-0.39, 0.29) is 18.2 Å². The zero-order chi connectivity index (χ0) is 26.6. The molecule has 4 aromatic rings. The highest BCUT2D eigenvalue weighted by atomic mass is 32.1. The highest BCUT2D eigenvalue weighted by Gasteiger charge is 2.12. The summed E-state index contributed by atoms with van der Waals surface area (Å²) in [7, 11) is 1.59. The molecule has 0 aliphatic rings. The molecule has 2 N–H and O–H groups in total. The number of carbonyl (C=O) groups excluding carboxylic acids is 2. The van der Waals surface area contributed by atoms with Crippen molar-refractivity contribution in [2.45, 2.75) is 6.42 Å². The zero-order valence-corrected chi connectivity index (χ0v) is 21.3. The van der Waals surface area contributed by atoms with E-state index in [1.54, 1.807) is 37.4 Å². The number of ether oxygens (including phenoxy) is 3. The number of anilines is 1. The lowest BCUT2D eigenvalue weighted by Crippen LogP contribution is -2.19. The van der Waals surface area contributed by atoms with Crippen molar-refractivity contribution in [3.8, 4) is 17.2 Å². The number of amides is 2. The lowest BCUT2D eigenvalue weighted by atomic mass is 10.2. The Bertz CT molecular complexity index is 1390. The molecule has 0 spiro atoms. The van der Waals surface area contributed by atoms with Gasteiger partial charge in [0, 0.05) is 5.56 Å². The lowest BCUT2D eigenvalue weighted by molar-refractivity contribution is -0.120. The van der Waals surface area contributed by atoms with Crippen LogP contribution in [0.3, 0.4) is 0 Å². The first-order valence-electron chi connectivity index (χ1n) is 11.6. The largest absolute Gasteiger partial charge is 0.493 e. The molecule has 1 heterocycles. The Morgan fingerprint density at radius 1 is 0.921 bits per heavy atom. The van der Waals surface area contributed by atoms with Crippen molar-refractivity contribution < 1.29 is 23.8 Å². The van der Waals surface area contributed by atoms with E-state index in [9.17, 15) is 9.59 Å². The topological polar surface area (TPSA) is 124 Å². The molecule has 1 aromatic heterocycles. The van der Waals surface area contributed by atoms with E-state index in [0.29, 0.717) is 46.2 Å². The number of hydrazone groups is 1. The van der Waals surface area contributed by atoms with Gasteiger partial charge in [0.2, 0.25) is 11.0 Å². The summed E-state index contributed by atoms with van der Waals surface area (Å²) in [4.78, 5) is 24.5. The van der Waals surface area contributed by atoms with Crippen molar-refractivity contribution in [3.63, 3.8) is 0 Å². The van der Waals surface area contributed by atoms with E-state index in [2.05, 4.69) is 26.0 Å². The summed E-state index contributed by atoms with van der Waals surface area (Å²) in [5.41, 5.74) is 3.72. The van der Waals surface area contributed by atoms with Crippen LogP contribution >= 0.6 is 11.3 Å². The molecule has 4 rings (SSSR count). The van der Waals surface area contributed by atoms with Crippen LogP contribution in [0.15, 0.2) is 84.0 Å². The number of hydrogen-bond donors (Lipinski definition) is 2. The van der Waals surface area contributed by atoms with Crippen molar-refractivity contribution in [1.82, 2.24) is 15.6 Å². The minimum atomic E-state index is -0.362. The van der Waals surface area contributed by atoms with Gasteiger partial charge in [-0.25, -0.2) is 5.43 Å². The molecule has 0 radical (unpaired) electrons. The molecule has 194 valence electrons. The number of hydrogen-bond acceptors (Lipinski definition) is 9. The number of nitrogens with zero attached hydrogens (tertiary/aromatic N) is 3. The number of rotatable bonds is 12. The fraction of sp³-hybridized carbons (Fsp3) is 0.148. The molecule has 0 atom stereocenters. The minimum Gasteiger partial charge on any atom is -0.493 e. The van der Waals surface area contributed by atoms with Crippen molar-refractivity contribution in [1.29, 1.82) is 0 Å². The monoisotopic (exact) mass is 531 g/mol. The van der Waals surface area contributed by atoms with Crippen molar-refractivity contribution >= 4 is 34.5 Å². The van der Waals surface area contributed by atoms with Gasteiger partial charge in [-0.15, -0.1) is 10.2 Å². The third-order valence-corrected chi connectivity index (χ3v) is 5.81. The predicted octanol–water partition coefficient (Wildman–Crippen LogP) is 3.95. The molecular weight excluding hydrogens is 506 g/mol. The van der Waals surface area contributed by atoms with Crippen LogP contribution in [0.2, 0.25) is 0 Å². The number of para-hydroxylation sites is 2. The Morgan fingerprint density at radius 2 is 1.68 bits per heavy atom. The molecule has 0 aliphatic heterocycles. The summed E-state index contributed by atoms with van der Waals surface area (Å²) >= 11 is 1.13. The average molecular weight is 532 g/mol. The maximum atomic E-state index is 12.2. The first-order valence-corrected chi connectivity index (χ1v) is 12.4. The Labute approximate surface area is 223 Å². The molecule has 3 aromatic carbocycles. The molecule has 0 aliphatic carbocycles. The summed E-state index contributed by atoms with van der Waals surface area (Å²) in [6.45, 7) is 0.684. The molecule has 0 bridgehead atoms.